The van der Waals surface area contributed by atoms with Crippen molar-refractivity contribution in [3.05, 3.63) is 72.8 Å². The first-order valence-electron chi connectivity index (χ1n) is 8.24. The molecule has 3 aromatic carbocycles. The molecule has 0 N–H and O–H groups in total. The van der Waals surface area contributed by atoms with Crippen molar-refractivity contribution < 1.29 is 14.2 Å². The number of methoxy groups -OCH3 is 3. The zero-order valence-electron chi connectivity index (χ0n) is 15.0. The van der Waals surface area contributed by atoms with Crippen LogP contribution < -0.4 is 30.1 Å². The quantitative estimate of drug-likeness (QED) is 0.599. The van der Waals surface area contributed by atoms with Crippen LogP contribution in [0, 0.1) is 0 Å². The number of hydrogen-bond donors (Lipinski definition) is 0. The van der Waals surface area contributed by atoms with Crippen LogP contribution in [-0.4, -0.2) is 21.3 Å². The van der Waals surface area contributed by atoms with Crippen LogP contribution in [0.1, 0.15) is 0 Å². The van der Waals surface area contributed by atoms with Crippen LogP contribution in [0.15, 0.2) is 72.8 Å². The van der Waals surface area contributed by atoms with E-state index < -0.39 is 6.62 Å². The Morgan fingerprint density at radius 1 is 0.500 bits per heavy atom. The Kier molecular flexibility index (Phi) is 5.70. The van der Waals surface area contributed by atoms with E-state index in [9.17, 15) is 0 Å². The van der Waals surface area contributed by atoms with Crippen molar-refractivity contribution >= 4 is 33.8 Å². The molecule has 0 bridgehead atoms. The summed E-state index contributed by atoms with van der Waals surface area (Å²) in [6, 6.07) is 24.0. The van der Waals surface area contributed by atoms with Crippen LogP contribution in [-0.2, 0) is 0 Å². The standard InChI is InChI=1S/C21H22ClO3P/c1-23-16-4-10-19(11-5-16)26(22,20-12-6-17(24-2)7-13-20)21-14-8-18(25-3)9-15-21/h4-15,26H,1-3H3. The van der Waals surface area contributed by atoms with Gasteiger partial charge in [0.25, 0.3) is 0 Å². The summed E-state index contributed by atoms with van der Waals surface area (Å²) < 4.78 is 15.9. The second-order valence-corrected chi connectivity index (χ2v) is 10.6. The molecule has 136 valence electrons. The van der Waals surface area contributed by atoms with Crippen molar-refractivity contribution in [1.29, 1.82) is 0 Å². The van der Waals surface area contributed by atoms with Crippen molar-refractivity contribution in [3.8, 4) is 17.2 Å². The second kappa shape index (κ2) is 7.99. The van der Waals surface area contributed by atoms with Gasteiger partial charge in [0, 0.05) is 0 Å². The maximum atomic E-state index is 7.42. The monoisotopic (exact) mass is 388 g/mol. The van der Waals surface area contributed by atoms with E-state index in [1.54, 1.807) is 21.3 Å². The van der Waals surface area contributed by atoms with Crippen LogP contribution in [0.3, 0.4) is 0 Å². The topological polar surface area (TPSA) is 27.7 Å². The average Bonchev–Trinajstić information content (AvgIpc) is 2.73. The average molecular weight is 389 g/mol. The molecule has 0 atom stereocenters. The van der Waals surface area contributed by atoms with E-state index in [-0.39, 0.29) is 0 Å². The van der Waals surface area contributed by atoms with E-state index in [2.05, 4.69) is 0 Å². The summed E-state index contributed by atoms with van der Waals surface area (Å²) in [5.74, 6) is 2.43. The van der Waals surface area contributed by atoms with Gasteiger partial charge in [-0.05, 0) is 0 Å². The molecule has 3 rings (SSSR count). The molecule has 0 aliphatic rings. The number of halogens is 1. The van der Waals surface area contributed by atoms with Crippen molar-refractivity contribution in [1.82, 2.24) is 0 Å². The van der Waals surface area contributed by atoms with Crippen molar-refractivity contribution in [3.63, 3.8) is 0 Å². The van der Waals surface area contributed by atoms with Crippen LogP contribution in [0.4, 0.5) is 0 Å². The Bertz CT molecular complexity index is 730. The molecule has 0 saturated heterocycles. The van der Waals surface area contributed by atoms with Crippen LogP contribution in [0.25, 0.3) is 0 Å². The zero-order valence-corrected chi connectivity index (χ0v) is 16.8. The van der Waals surface area contributed by atoms with Gasteiger partial charge >= 0.3 is 159 Å². The van der Waals surface area contributed by atoms with Gasteiger partial charge in [0.2, 0.25) is 0 Å². The van der Waals surface area contributed by atoms with Gasteiger partial charge < -0.3 is 0 Å². The first-order chi connectivity index (χ1) is 12.6. The SMILES string of the molecule is COc1ccc([PH](Cl)(c2ccc(OC)cc2)c2ccc(OC)cc2)cc1. The van der Waals surface area contributed by atoms with Crippen LogP contribution >= 0.6 is 17.9 Å². The third-order valence-corrected chi connectivity index (χ3v) is 9.81. The Morgan fingerprint density at radius 3 is 0.923 bits per heavy atom. The summed E-state index contributed by atoms with van der Waals surface area (Å²) in [7, 11) is 4.98. The second-order valence-electron chi connectivity index (χ2n) is 5.84. The molecule has 5 heteroatoms. The van der Waals surface area contributed by atoms with Gasteiger partial charge in [-0.3, -0.25) is 0 Å². The molecule has 0 saturated carbocycles. The van der Waals surface area contributed by atoms with Gasteiger partial charge in [0.05, 0.1) is 0 Å². The van der Waals surface area contributed by atoms with E-state index in [4.69, 9.17) is 25.5 Å². The molecule has 0 unspecified atom stereocenters. The van der Waals surface area contributed by atoms with E-state index >= 15 is 0 Å². The molecular weight excluding hydrogens is 367 g/mol. The molecule has 0 aliphatic carbocycles. The van der Waals surface area contributed by atoms with E-state index in [1.165, 1.54) is 0 Å². The van der Waals surface area contributed by atoms with Gasteiger partial charge in [-0.15, -0.1) is 0 Å². The van der Waals surface area contributed by atoms with Crippen LogP contribution in [0.2, 0.25) is 0 Å². The van der Waals surface area contributed by atoms with Crippen molar-refractivity contribution in [2.75, 3.05) is 21.3 Å². The third-order valence-electron chi connectivity index (χ3n) is 4.46. The van der Waals surface area contributed by atoms with Crippen molar-refractivity contribution in [2.45, 2.75) is 0 Å². The Morgan fingerprint density at radius 2 is 0.731 bits per heavy atom. The fourth-order valence-corrected chi connectivity index (χ4v) is 6.97. The predicted molar refractivity (Wildman–Crippen MR) is 112 cm³/mol. The van der Waals surface area contributed by atoms with E-state index in [1.807, 2.05) is 72.8 Å². The molecular formula is C21H22ClO3P. The Balaban J connectivity index is 2.15. The first-order valence-corrected chi connectivity index (χ1v) is 11.3. The molecule has 3 aromatic rings. The normalized spacial score (nSPS) is 11.7. The zero-order chi connectivity index (χ0) is 18.6. The summed E-state index contributed by atoms with van der Waals surface area (Å²) in [6.45, 7) is -2.68. The molecule has 26 heavy (non-hydrogen) atoms. The molecule has 0 aliphatic heterocycles. The summed E-state index contributed by atoms with van der Waals surface area (Å²) in [4.78, 5) is 0. The first kappa shape index (κ1) is 18.6. The van der Waals surface area contributed by atoms with Gasteiger partial charge in [0.15, 0.2) is 0 Å². The minimum atomic E-state index is -2.68. The molecule has 3 nitrogen and oxygen atoms in total. The molecule has 0 radical (unpaired) electrons. The maximum absolute atomic E-state index is 7.42. The number of rotatable bonds is 6. The molecule has 0 heterocycles. The van der Waals surface area contributed by atoms with Gasteiger partial charge in [0.1, 0.15) is 0 Å². The van der Waals surface area contributed by atoms with Gasteiger partial charge in [-0.25, -0.2) is 0 Å². The Hall–Kier alpha value is -2.22. The van der Waals surface area contributed by atoms with Gasteiger partial charge in [-0.2, -0.15) is 0 Å². The predicted octanol–water partition coefficient (Wildman–Crippen LogP) is 3.89. The number of hydrogen-bond acceptors (Lipinski definition) is 3. The molecule has 0 amide bonds. The Labute approximate surface area is 159 Å². The summed E-state index contributed by atoms with van der Waals surface area (Å²) >= 11 is 7.42. The third kappa shape index (κ3) is 3.51. The van der Waals surface area contributed by atoms with Gasteiger partial charge in [-0.1, -0.05) is 0 Å². The summed E-state index contributed by atoms with van der Waals surface area (Å²) in [5.41, 5.74) is 0. The van der Waals surface area contributed by atoms with E-state index in [0.717, 1.165) is 33.2 Å². The molecule has 0 spiro atoms. The minimum absolute atomic E-state index is 0.811. The molecule has 0 aromatic heterocycles. The van der Waals surface area contributed by atoms with Crippen LogP contribution in [0.5, 0.6) is 17.2 Å². The number of benzene rings is 3. The fraction of sp³-hybridized carbons (Fsp3) is 0.143. The molecule has 0 fully saturated rings. The number of ether oxygens (including phenoxy) is 3. The fourth-order valence-electron chi connectivity index (χ4n) is 2.96. The summed E-state index contributed by atoms with van der Waals surface area (Å²) in [5, 5.41) is 3.28. The summed E-state index contributed by atoms with van der Waals surface area (Å²) in [6.07, 6.45) is 0. The van der Waals surface area contributed by atoms with Crippen molar-refractivity contribution in [2.24, 2.45) is 0 Å². The van der Waals surface area contributed by atoms with E-state index in [0.29, 0.717) is 0 Å².